The van der Waals surface area contributed by atoms with Crippen LogP contribution in [-0.2, 0) is 11.2 Å². The highest BCUT2D eigenvalue weighted by Gasteiger charge is 2.26. The molecule has 0 aliphatic carbocycles. The van der Waals surface area contributed by atoms with Crippen LogP contribution in [0, 0.1) is 5.92 Å². The number of ether oxygens (including phenoxy) is 2. The third-order valence-electron chi connectivity index (χ3n) is 3.55. The molecule has 1 aromatic rings. The topological polar surface area (TPSA) is 56.5 Å². The van der Waals surface area contributed by atoms with E-state index in [0.29, 0.717) is 5.92 Å². The van der Waals surface area contributed by atoms with Crippen molar-refractivity contribution in [1.82, 2.24) is 5.43 Å². The van der Waals surface area contributed by atoms with E-state index >= 15 is 0 Å². The van der Waals surface area contributed by atoms with Gasteiger partial charge in [0.15, 0.2) is 0 Å². The van der Waals surface area contributed by atoms with Gasteiger partial charge in [0, 0.05) is 25.7 Å². The number of para-hydroxylation sites is 1. The zero-order chi connectivity index (χ0) is 12.8. The summed E-state index contributed by atoms with van der Waals surface area (Å²) < 4.78 is 10.9. The number of methoxy groups -OCH3 is 1. The van der Waals surface area contributed by atoms with Crippen molar-refractivity contribution in [2.24, 2.45) is 11.8 Å². The van der Waals surface area contributed by atoms with Gasteiger partial charge in [0.05, 0.1) is 6.61 Å². The molecule has 4 nitrogen and oxygen atoms in total. The van der Waals surface area contributed by atoms with Crippen LogP contribution >= 0.6 is 0 Å². The number of hydrogen-bond donors (Lipinski definition) is 2. The maximum absolute atomic E-state index is 5.80. The van der Waals surface area contributed by atoms with Crippen molar-refractivity contribution < 1.29 is 9.47 Å². The molecule has 0 radical (unpaired) electrons. The summed E-state index contributed by atoms with van der Waals surface area (Å²) in [6, 6.07) is 8.51. The molecule has 2 atom stereocenters. The third-order valence-corrected chi connectivity index (χ3v) is 3.55. The molecule has 4 heteroatoms. The van der Waals surface area contributed by atoms with Crippen molar-refractivity contribution in [2.75, 3.05) is 20.3 Å². The van der Waals surface area contributed by atoms with Crippen LogP contribution in [-0.4, -0.2) is 26.4 Å². The number of hydrogen-bond acceptors (Lipinski definition) is 4. The Labute approximate surface area is 108 Å². The van der Waals surface area contributed by atoms with Gasteiger partial charge in [-0.1, -0.05) is 18.2 Å². The lowest BCUT2D eigenvalue weighted by atomic mass is 9.88. The fourth-order valence-electron chi connectivity index (χ4n) is 2.51. The Morgan fingerprint density at radius 1 is 1.50 bits per heavy atom. The van der Waals surface area contributed by atoms with Gasteiger partial charge in [0.25, 0.3) is 0 Å². The largest absolute Gasteiger partial charge is 0.493 e. The lowest BCUT2D eigenvalue weighted by Crippen LogP contribution is -2.45. The zero-order valence-corrected chi connectivity index (χ0v) is 10.9. The Kier molecular flexibility index (Phi) is 4.99. The first-order valence-corrected chi connectivity index (χ1v) is 6.51. The normalized spacial score (nSPS) is 20.0. The number of nitrogens with one attached hydrogen (secondary N) is 1. The molecule has 100 valence electrons. The first-order valence-electron chi connectivity index (χ1n) is 6.51. The molecule has 2 rings (SSSR count). The fraction of sp³-hybridized carbons (Fsp3) is 0.571. The first-order chi connectivity index (χ1) is 8.85. The number of nitrogens with two attached hydrogens (primary N) is 1. The van der Waals surface area contributed by atoms with Crippen molar-refractivity contribution >= 4 is 0 Å². The maximum Gasteiger partial charge on any atom is 0.122 e. The van der Waals surface area contributed by atoms with Crippen LogP contribution in [0.15, 0.2) is 24.3 Å². The molecule has 0 spiro atoms. The van der Waals surface area contributed by atoms with Gasteiger partial charge in [0.2, 0.25) is 0 Å². The van der Waals surface area contributed by atoms with E-state index in [0.717, 1.165) is 38.2 Å². The predicted molar refractivity (Wildman–Crippen MR) is 71.4 cm³/mol. The summed E-state index contributed by atoms with van der Waals surface area (Å²) in [5.74, 6) is 7.11. The number of hydrazine groups is 1. The smallest absolute Gasteiger partial charge is 0.122 e. The van der Waals surface area contributed by atoms with Crippen LogP contribution in [0.1, 0.15) is 18.4 Å². The average molecular weight is 250 g/mol. The highest BCUT2D eigenvalue weighted by atomic mass is 16.5. The second kappa shape index (κ2) is 6.73. The number of fused-ring (bicyclic) bond motifs is 1. The minimum Gasteiger partial charge on any atom is -0.493 e. The summed E-state index contributed by atoms with van der Waals surface area (Å²) in [5, 5.41) is 0. The van der Waals surface area contributed by atoms with E-state index in [2.05, 4.69) is 17.6 Å². The lowest BCUT2D eigenvalue weighted by Gasteiger charge is -2.31. The molecule has 0 bridgehead atoms. The molecule has 0 saturated heterocycles. The number of rotatable bonds is 6. The molecule has 3 N–H and O–H groups in total. The summed E-state index contributed by atoms with van der Waals surface area (Å²) in [6.45, 7) is 1.52. The average Bonchev–Trinajstić information content (AvgIpc) is 2.43. The van der Waals surface area contributed by atoms with Gasteiger partial charge in [-0.25, -0.2) is 0 Å². The van der Waals surface area contributed by atoms with Crippen molar-refractivity contribution in [3.8, 4) is 5.75 Å². The molecular formula is C14H22N2O2. The van der Waals surface area contributed by atoms with E-state index in [-0.39, 0.29) is 6.04 Å². The van der Waals surface area contributed by atoms with Crippen LogP contribution in [0.5, 0.6) is 5.75 Å². The van der Waals surface area contributed by atoms with E-state index in [1.165, 1.54) is 5.56 Å². The fourth-order valence-corrected chi connectivity index (χ4v) is 2.51. The highest BCUT2D eigenvalue weighted by Crippen LogP contribution is 2.29. The van der Waals surface area contributed by atoms with Crippen LogP contribution in [0.4, 0.5) is 0 Å². The Balaban J connectivity index is 1.93. The summed E-state index contributed by atoms with van der Waals surface area (Å²) in [6.07, 6.45) is 3.06. The highest BCUT2D eigenvalue weighted by molar-refractivity contribution is 5.35. The van der Waals surface area contributed by atoms with Crippen molar-refractivity contribution in [2.45, 2.75) is 25.3 Å². The molecule has 1 aliphatic rings. The minimum atomic E-state index is 0.286. The summed E-state index contributed by atoms with van der Waals surface area (Å²) in [5.41, 5.74) is 4.20. The summed E-state index contributed by atoms with van der Waals surface area (Å²) in [7, 11) is 1.73. The Morgan fingerprint density at radius 2 is 2.33 bits per heavy atom. The van der Waals surface area contributed by atoms with Gasteiger partial charge in [0.1, 0.15) is 5.75 Å². The van der Waals surface area contributed by atoms with Gasteiger partial charge in [-0.2, -0.15) is 0 Å². The minimum absolute atomic E-state index is 0.286. The van der Waals surface area contributed by atoms with Crippen molar-refractivity contribution in [1.29, 1.82) is 0 Å². The quantitative estimate of drug-likeness (QED) is 0.456. The third kappa shape index (κ3) is 3.22. The number of benzene rings is 1. The molecular weight excluding hydrogens is 228 g/mol. The van der Waals surface area contributed by atoms with E-state index in [4.69, 9.17) is 15.3 Å². The van der Waals surface area contributed by atoms with Crippen LogP contribution in [0.25, 0.3) is 0 Å². The van der Waals surface area contributed by atoms with Crippen LogP contribution in [0.3, 0.4) is 0 Å². The Hall–Kier alpha value is -1.10. The van der Waals surface area contributed by atoms with Crippen LogP contribution < -0.4 is 16.0 Å². The Morgan fingerprint density at radius 3 is 3.11 bits per heavy atom. The zero-order valence-electron chi connectivity index (χ0n) is 10.9. The SMILES string of the molecule is COCCCC(NN)C1COc2ccccc2C1. The standard InChI is InChI=1S/C14H22N2O2/c1-17-8-4-6-13(16-15)12-9-11-5-2-3-7-14(11)18-10-12/h2-3,5,7,12-13,16H,4,6,8-10,15H2,1H3. The second-order valence-corrected chi connectivity index (χ2v) is 4.79. The maximum atomic E-state index is 5.80. The lowest BCUT2D eigenvalue weighted by molar-refractivity contribution is 0.158. The summed E-state index contributed by atoms with van der Waals surface area (Å²) >= 11 is 0. The van der Waals surface area contributed by atoms with Gasteiger partial charge < -0.3 is 9.47 Å². The van der Waals surface area contributed by atoms with Gasteiger partial charge in [-0.05, 0) is 30.9 Å². The molecule has 18 heavy (non-hydrogen) atoms. The van der Waals surface area contributed by atoms with Crippen LogP contribution in [0.2, 0.25) is 0 Å². The molecule has 1 heterocycles. The summed E-state index contributed by atoms with van der Waals surface area (Å²) in [4.78, 5) is 0. The van der Waals surface area contributed by atoms with E-state index < -0.39 is 0 Å². The predicted octanol–water partition coefficient (Wildman–Crippen LogP) is 1.50. The first kappa shape index (κ1) is 13.3. The molecule has 0 fully saturated rings. The van der Waals surface area contributed by atoms with Gasteiger partial charge in [-0.15, -0.1) is 0 Å². The second-order valence-electron chi connectivity index (χ2n) is 4.79. The molecule has 0 aromatic heterocycles. The Bertz CT molecular complexity index is 371. The van der Waals surface area contributed by atoms with Gasteiger partial charge >= 0.3 is 0 Å². The monoisotopic (exact) mass is 250 g/mol. The van der Waals surface area contributed by atoms with Crippen molar-refractivity contribution in [3.63, 3.8) is 0 Å². The molecule has 0 saturated carbocycles. The van der Waals surface area contributed by atoms with E-state index in [9.17, 15) is 0 Å². The molecule has 2 unspecified atom stereocenters. The molecule has 1 aromatic carbocycles. The van der Waals surface area contributed by atoms with E-state index in [1.54, 1.807) is 7.11 Å². The van der Waals surface area contributed by atoms with Gasteiger partial charge in [-0.3, -0.25) is 11.3 Å². The van der Waals surface area contributed by atoms with E-state index in [1.807, 2.05) is 12.1 Å². The molecule has 1 aliphatic heterocycles. The molecule has 0 amide bonds. The van der Waals surface area contributed by atoms with Crippen molar-refractivity contribution in [3.05, 3.63) is 29.8 Å².